The lowest BCUT2D eigenvalue weighted by molar-refractivity contribution is -0.151. The van der Waals surface area contributed by atoms with Crippen LogP contribution in [0.3, 0.4) is 0 Å². The van der Waals surface area contributed by atoms with Gasteiger partial charge < -0.3 is 4.74 Å². The Morgan fingerprint density at radius 1 is 1.56 bits per heavy atom. The molecule has 9 heavy (non-hydrogen) atoms. The predicted molar refractivity (Wildman–Crippen MR) is 29.3 cm³/mol. The van der Waals surface area contributed by atoms with Crippen LogP contribution >= 0.6 is 0 Å². The highest BCUT2D eigenvalue weighted by molar-refractivity contribution is 5.80. The SMILES string of the molecule is CC(=O)OC(C)C([NH])=O. The number of rotatable bonds is 2. The van der Waals surface area contributed by atoms with Gasteiger partial charge in [-0.15, -0.1) is 0 Å². The molecule has 0 spiro atoms. The fraction of sp³-hybridized carbons (Fsp3) is 0.600. The standard InChI is InChI=1S/C5H8NO3/c1-3(5(6)8)9-4(2)7/h3,6H,1-2H3. The smallest absolute Gasteiger partial charge is 0.303 e. The summed E-state index contributed by atoms with van der Waals surface area (Å²) < 4.78 is 4.34. The molecule has 0 aromatic rings. The third-order valence-electron chi connectivity index (χ3n) is 0.712. The molecule has 0 fully saturated rings. The molecule has 4 heteroatoms. The highest BCUT2D eigenvalue weighted by Gasteiger charge is 2.10. The van der Waals surface area contributed by atoms with Crippen LogP contribution in [0, 0.1) is 0 Å². The van der Waals surface area contributed by atoms with Crippen molar-refractivity contribution < 1.29 is 14.3 Å². The van der Waals surface area contributed by atoms with Crippen molar-refractivity contribution in [2.75, 3.05) is 0 Å². The largest absolute Gasteiger partial charge is 0.453 e. The Morgan fingerprint density at radius 3 is 2.11 bits per heavy atom. The maximum absolute atomic E-state index is 10.1. The van der Waals surface area contributed by atoms with E-state index in [1.54, 1.807) is 0 Å². The van der Waals surface area contributed by atoms with Crippen molar-refractivity contribution in [3.63, 3.8) is 0 Å². The van der Waals surface area contributed by atoms with Crippen molar-refractivity contribution in [1.82, 2.24) is 5.73 Å². The third kappa shape index (κ3) is 3.52. The molecule has 0 aliphatic heterocycles. The van der Waals surface area contributed by atoms with E-state index in [-0.39, 0.29) is 0 Å². The van der Waals surface area contributed by atoms with Crippen molar-refractivity contribution in [3.05, 3.63) is 0 Å². The van der Waals surface area contributed by atoms with E-state index in [4.69, 9.17) is 5.73 Å². The van der Waals surface area contributed by atoms with E-state index in [9.17, 15) is 9.59 Å². The molecule has 1 radical (unpaired) electrons. The van der Waals surface area contributed by atoms with Gasteiger partial charge in [-0.05, 0) is 6.92 Å². The first kappa shape index (κ1) is 7.94. The van der Waals surface area contributed by atoms with E-state index in [0.29, 0.717) is 0 Å². The quantitative estimate of drug-likeness (QED) is 0.484. The number of amides is 1. The molecule has 0 aromatic carbocycles. The van der Waals surface area contributed by atoms with Crippen LogP contribution in [0.4, 0.5) is 0 Å². The lowest BCUT2D eigenvalue weighted by Crippen LogP contribution is -2.23. The van der Waals surface area contributed by atoms with E-state index in [1.807, 2.05) is 0 Å². The van der Waals surface area contributed by atoms with Gasteiger partial charge in [-0.2, -0.15) is 0 Å². The Hall–Kier alpha value is -1.06. The molecule has 0 aliphatic carbocycles. The van der Waals surface area contributed by atoms with Crippen LogP contribution in [0.15, 0.2) is 0 Å². The van der Waals surface area contributed by atoms with Crippen LogP contribution in [0.25, 0.3) is 0 Å². The van der Waals surface area contributed by atoms with Crippen LogP contribution in [-0.4, -0.2) is 18.0 Å². The average molecular weight is 130 g/mol. The maximum atomic E-state index is 10.1. The summed E-state index contributed by atoms with van der Waals surface area (Å²) in [6, 6.07) is 0. The summed E-state index contributed by atoms with van der Waals surface area (Å²) in [7, 11) is 0. The minimum absolute atomic E-state index is 0.539. The van der Waals surface area contributed by atoms with Gasteiger partial charge >= 0.3 is 5.97 Å². The molecule has 0 heterocycles. The van der Waals surface area contributed by atoms with Gasteiger partial charge in [0.2, 0.25) is 0 Å². The molecular weight excluding hydrogens is 122 g/mol. The molecule has 0 saturated heterocycles. The summed E-state index contributed by atoms with van der Waals surface area (Å²) in [5.41, 5.74) is 6.46. The molecule has 4 nitrogen and oxygen atoms in total. The first-order valence-corrected chi connectivity index (χ1v) is 2.46. The number of esters is 1. The van der Waals surface area contributed by atoms with Gasteiger partial charge in [0.1, 0.15) is 0 Å². The Bertz CT molecular complexity index is 132. The fourth-order valence-corrected chi connectivity index (χ4v) is 0.302. The van der Waals surface area contributed by atoms with Crippen molar-refractivity contribution in [1.29, 1.82) is 0 Å². The molecular formula is C5H8NO3. The predicted octanol–water partition coefficient (Wildman–Crippen LogP) is -0.253. The van der Waals surface area contributed by atoms with Crippen LogP contribution < -0.4 is 5.73 Å². The van der Waals surface area contributed by atoms with Crippen LogP contribution in [-0.2, 0) is 14.3 Å². The highest BCUT2D eigenvalue weighted by Crippen LogP contribution is 1.88. The lowest BCUT2D eigenvalue weighted by atomic mass is 10.4. The van der Waals surface area contributed by atoms with E-state index in [1.165, 1.54) is 13.8 Å². The summed E-state index contributed by atoms with van der Waals surface area (Å²) in [5.74, 6) is -1.42. The van der Waals surface area contributed by atoms with Crippen molar-refractivity contribution in [2.45, 2.75) is 20.0 Å². The molecule has 1 N–H and O–H groups in total. The van der Waals surface area contributed by atoms with E-state index < -0.39 is 18.0 Å². The first-order chi connectivity index (χ1) is 4.04. The third-order valence-corrected chi connectivity index (χ3v) is 0.712. The molecule has 0 bridgehead atoms. The Balaban J connectivity index is 3.63. The molecule has 0 rings (SSSR count). The summed E-state index contributed by atoms with van der Waals surface area (Å²) in [6.07, 6.45) is -0.928. The number of hydrogen-bond donors (Lipinski definition) is 0. The fourth-order valence-electron chi connectivity index (χ4n) is 0.302. The van der Waals surface area contributed by atoms with Gasteiger partial charge in [0.15, 0.2) is 6.10 Å². The van der Waals surface area contributed by atoms with Gasteiger partial charge in [0.05, 0.1) is 0 Å². The number of hydrogen-bond acceptors (Lipinski definition) is 3. The van der Waals surface area contributed by atoms with Crippen LogP contribution in [0.1, 0.15) is 13.8 Å². The van der Waals surface area contributed by atoms with Gasteiger partial charge in [-0.3, -0.25) is 15.3 Å². The van der Waals surface area contributed by atoms with Crippen LogP contribution in [0.2, 0.25) is 0 Å². The zero-order valence-electron chi connectivity index (χ0n) is 5.30. The number of nitrogens with one attached hydrogen (secondary N) is 1. The number of carbonyl (C=O) groups excluding carboxylic acids is 2. The molecule has 1 atom stereocenters. The molecule has 0 aliphatic rings. The molecule has 0 aromatic heterocycles. The van der Waals surface area contributed by atoms with E-state index in [2.05, 4.69) is 4.74 Å². The van der Waals surface area contributed by atoms with Gasteiger partial charge in [-0.1, -0.05) is 0 Å². The molecule has 0 saturated carbocycles. The Kier molecular flexibility index (Phi) is 2.70. The summed E-state index contributed by atoms with van der Waals surface area (Å²) in [5, 5.41) is 0. The van der Waals surface area contributed by atoms with Crippen molar-refractivity contribution >= 4 is 11.9 Å². The minimum atomic E-state index is -0.928. The highest BCUT2D eigenvalue weighted by atomic mass is 16.5. The minimum Gasteiger partial charge on any atom is -0.453 e. The Labute approximate surface area is 53.0 Å². The second kappa shape index (κ2) is 3.06. The van der Waals surface area contributed by atoms with Gasteiger partial charge in [-0.25, -0.2) is 0 Å². The zero-order chi connectivity index (χ0) is 7.44. The van der Waals surface area contributed by atoms with Crippen molar-refractivity contribution in [2.24, 2.45) is 0 Å². The maximum Gasteiger partial charge on any atom is 0.303 e. The second-order valence-electron chi connectivity index (χ2n) is 1.62. The van der Waals surface area contributed by atoms with Crippen molar-refractivity contribution in [3.8, 4) is 0 Å². The summed E-state index contributed by atoms with van der Waals surface area (Å²) in [4.78, 5) is 20.2. The van der Waals surface area contributed by atoms with Gasteiger partial charge in [0.25, 0.3) is 5.91 Å². The monoisotopic (exact) mass is 130 g/mol. The number of carbonyl (C=O) groups is 2. The normalized spacial score (nSPS) is 12.2. The van der Waals surface area contributed by atoms with E-state index >= 15 is 0 Å². The molecule has 1 unspecified atom stereocenters. The molecule has 1 amide bonds. The van der Waals surface area contributed by atoms with E-state index in [0.717, 1.165) is 0 Å². The molecule has 51 valence electrons. The topological polar surface area (TPSA) is 67.2 Å². The second-order valence-corrected chi connectivity index (χ2v) is 1.62. The average Bonchev–Trinajstić information content (AvgIpc) is 1.63. The first-order valence-electron chi connectivity index (χ1n) is 2.46. The Morgan fingerprint density at radius 2 is 2.00 bits per heavy atom. The zero-order valence-corrected chi connectivity index (χ0v) is 5.30. The van der Waals surface area contributed by atoms with Gasteiger partial charge in [0, 0.05) is 6.92 Å². The number of ether oxygens (including phenoxy) is 1. The summed E-state index contributed by atoms with van der Waals surface area (Å²) >= 11 is 0. The van der Waals surface area contributed by atoms with Crippen LogP contribution in [0.5, 0.6) is 0 Å². The lowest BCUT2D eigenvalue weighted by Gasteiger charge is -2.04. The summed E-state index contributed by atoms with van der Waals surface area (Å²) in [6.45, 7) is 2.55.